The number of aromatic amines is 1. The zero-order chi connectivity index (χ0) is 27.9. The number of aromatic nitrogens is 1. The topological polar surface area (TPSA) is 77.2 Å². The zero-order valence-electron chi connectivity index (χ0n) is 23.4. The van der Waals surface area contributed by atoms with E-state index >= 15 is 0 Å². The molecule has 6 rings (SSSR count). The van der Waals surface area contributed by atoms with Crippen LogP contribution >= 0.6 is 0 Å². The van der Waals surface area contributed by atoms with Crippen molar-refractivity contribution in [3.63, 3.8) is 0 Å². The van der Waals surface area contributed by atoms with E-state index < -0.39 is 0 Å². The molecule has 2 heterocycles. The van der Waals surface area contributed by atoms with E-state index in [0.29, 0.717) is 13.0 Å². The van der Waals surface area contributed by atoms with Gasteiger partial charge in [0.05, 0.1) is 24.0 Å². The number of para-hydroxylation sites is 3. The number of hydrogen-bond donors (Lipinski definition) is 3. The number of amides is 1. The van der Waals surface area contributed by atoms with E-state index in [1.165, 1.54) is 10.9 Å². The van der Waals surface area contributed by atoms with E-state index in [4.69, 9.17) is 0 Å². The number of aryl methyl sites for hydroxylation is 1. The fraction of sp³-hybridized carbons (Fsp3) is 0.294. The fourth-order valence-electron chi connectivity index (χ4n) is 6.21. The molecule has 3 N–H and O–H groups in total. The maximum atomic E-state index is 13.8. The molecule has 2 aliphatic rings. The third kappa shape index (κ3) is 5.02. The van der Waals surface area contributed by atoms with Crippen molar-refractivity contribution in [2.45, 2.75) is 46.1 Å². The number of ketones is 1. The van der Waals surface area contributed by atoms with Gasteiger partial charge in [-0.25, -0.2) is 0 Å². The highest BCUT2D eigenvalue weighted by Crippen LogP contribution is 2.48. The number of rotatable bonds is 6. The van der Waals surface area contributed by atoms with Crippen molar-refractivity contribution in [3.05, 3.63) is 107 Å². The Morgan fingerprint density at radius 2 is 1.75 bits per heavy atom. The summed E-state index contributed by atoms with van der Waals surface area (Å²) in [7, 11) is 0. The van der Waals surface area contributed by atoms with Crippen molar-refractivity contribution >= 4 is 34.0 Å². The number of carbonyl (C=O) groups is 2. The highest BCUT2D eigenvalue weighted by Gasteiger charge is 2.41. The summed E-state index contributed by atoms with van der Waals surface area (Å²) in [5.74, 6) is 0.0706. The van der Waals surface area contributed by atoms with Crippen LogP contribution in [0.1, 0.15) is 49.4 Å². The Kier molecular flexibility index (Phi) is 6.70. The first kappa shape index (κ1) is 25.9. The number of H-pyrrole nitrogens is 1. The average Bonchev–Trinajstić information content (AvgIpc) is 3.27. The molecule has 204 valence electrons. The fourth-order valence-corrected chi connectivity index (χ4v) is 6.21. The number of carbonyl (C=O) groups excluding carboxylic acids is 2. The van der Waals surface area contributed by atoms with Crippen molar-refractivity contribution in [1.29, 1.82) is 0 Å². The molecule has 3 aromatic carbocycles. The monoisotopic (exact) mass is 532 g/mol. The molecule has 1 amide bonds. The third-order valence-electron chi connectivity index (χ3n) is 8.10. The molecule has 0 radical (unpaired) electrons. The summed E-state index contributed by atoms with van der Waals surface area (Å²) in [6, 6.07) is 24.2. The molecule has 0 spiro atoms. The van der Waals surface area contributed by atoms with Crippen LogP contribution < -0.4 is 15.5 Å². The lowest BCUT2D eigenvalue weighted by Gasteiger charge is -2.38. The summed E-state index contributed by atoms with van der Waals surface area (Å²) in [6.45, 7) is 7.02. The molecule has 0 bridgehead atoms. The molecule has 0 saturated heterocycles. The summed E-state index contributed by atoms with van der Waals surface area (Å²) in [5, 5.41) is 7.95. The predicted molar refractivity (Wildman–Crippen MR) is 161 cm³/mol. The Balaban J connectivity index is 1.33. The van der Waals surface area contributed by atoms with Gasteiger partial charge >= 0.3 is 0 Å². The van der Waals surface area contributed by atoms with Gasteiger partial charge in [0.2, 0.25) is 5.91 Å². The van der Waals surface area contributed by atoms with Crippen LogP contribution in [-0.4, -0.2) is 29.8 Å². The van der Waals surface area contributed by atoms with Gasteiger partial charge in [0.25, 0.3) is 0 Å². The largest absolute Gasteiger partial charge is 0.361 e. The van der Waals surface area contributed by atoms with Crippen molar-refractivity contribution in [2.24, 2.45) is 5.41 Å². The van der Waals surface area contributed by atoms with Crippen LogP contribution in [0.25, 0.3) is 10.9 Å². The van der Waals surface area contributed by atoms with Crippen molar-refractivity contribution in [1.82, 2.24) is 10.3 Å². The van der Waals surface area contributed by atoms with Crippen LogP contribution in [0.15, 0.2) is 90.3 Å². The van der Waals surface area contributed by atoms with Crippen LogP contribution in [0.5, 0.6) is 0 Å². The second-order valence-electron chi connectivity index (χ2n) is 11.9. The Morgan fingerprint density at radius 1 is 1.00 bits per heavy atom. The van der Waals surface area contributed by atoms with Crippen molar-refractivity contribution < 1.29 is 9.59 Å². The lowest BCUT2D eigenvalue weighted by atomic mass is 9.73. The number of benzene rings is 3. The molecule has 1 unspecified atom stereocenters. The molecular formula is C34H36N4O2. The normalized spacial score (nSPS) is 18.1. The second kappa shape index (κ2) is 10.3. The van der Waals surface area contributed by atoms with Gasteiger partial charge in [-0.3, -0.25) is 9.59 Å². The van der Waals surface area contributed by atoms with Gasteiger partial charge in [-0.15, -0.1) is 0 Å². The highest BCUT2D eigenvalue weighted by atomic mass is 16.2. The van der Waals surface area contributed by atoms with E-state index in [1.54, 1.807) is 0 Å². The van der Waals surface area contributed by atoms with Gasteiger partial charge in [-0.2, -0.15) is 0 Å². The van der Waals surface area contributed by atoms with Gasteiger partial charge in [0, 0.05) is 41.3 Å². The number of fused-ring (bicyclic) bond motifs is 2. The standard InChI is InChI=1S/C34H36N4O2/c1-22-12-14-23(15-13-22)33-32-28(18-34(2,3)19-30(32)39)37-27-10-6-7-11-29(27)38(33)21-31(40)35-17-16-24-20-36-26-9-5-4-8-25(24)26/h4-15,20,33,36-37H,16-19,21H2,1-3H3,(H,35,40). The third-order valence-corrected chi connectivity index (χ3v) is 8.10. The Morgan fingerprint density at radius 3 is 2.58 bits per heavy atom. The Bertz CT molecular complexity index is 1610. The van der Waals surface area contributed by atoms with Crippen LogP contribution in [0, 0.1) is 12.3 Å². The van der Waals surface area contributed by atoms with Gasteiger partial charge in [-0.05, 0) is 54.5 Å². The van der Waals surface area contributed by atoms with E-state index in [9.17, 15) is 9.59 Å². The van der Waals surface area contributed by atoms with E-state index in [1.807, 2.05) is 42.6 Å². The highest BCUT2D eigenvalue weighted by molar-refractivity contribution is 6.02. The predicted octanol–water partition coefficient (Wildman–Crippen LogP) is 6.45. The smallest absolute Gasteiger partial charge is 0.239 e. The zero-order valence-corrected chi connectivity index (χ0v) is 23.4. The molecule has 1 aliphatic heterocycles. The first-order valence-corrected chi connectivity index (χ1v) is 14.1. The van der Waals surface area contributed by atoms with Crippen LogP contribution in [0.2, 0.25) is 0 Å². The number of nitrogens with zero attached hydrogens (tertiary/aromatic N) is 1. The number of hydrogen-bond acceptors (Lipinski definition) is 4. The summed E-state index contributed by atoms with van der Waals surface area (Å²) in [5.41, 5.74) is 7.88. The Hall–Kier alpha value is -4.32. The molecule has 0 fully saturated rings. The SMILES string of the molecule is Cc1ccc(C2C3=C(CC(C)(C)CC3=O)Nc3ccccc3N2CC(=O)NCCc2c[nH]c3ccccc23)cc1. The minimum atomic E-state index is -0.366. The summed E-state index contributed by atoms with van der Waals surface area (Å²) in [4.78, 5) is 32.7. The number of anilines is 2. The molecule has 40 heavy (non-hydrogen) atoms. The minimum Gasteiger partial charge on any atom is -0.361 e. The lowest BCUT2D eigenvalue weighted by molar-refractivity contribution is -0.120. The summed E-state index contributed by atoms with van der Waals surface area (Å²) >= 11 is 0. The molecule has 6 heteroatoms. The lowest BCUT2D eigenvalue weighted by Crippen LogP contribution is -2.42. The molecular weight excluding hydrogens is 496 g/mol. The number of allylic oxidation sites excluding steroid dienone is 1. The molecule has 4 aromatic rings. The van der Waals surface area contributed by atoms with Crippen molar-refractivity contribution in [3.8, 4) is 0 Å². The molecule has 6 nitrogen and oxygen atoms in total. The average molecular weight is 533 g/mol. The minimum absolute atomic E-state index is 0.0700. The van der Waals surface area contributed by atoms with Gasteiger partial charge in [0.1, 0.15) is 0 Å². The van der Waals surface area contributed by atoms with Crippen molar-refractivity contribution in [2.75, 3.05) is 23.3 Å². The van der Waals surface area contributed by atoms with Gasteiger partial charge in [-0.1, -0.05) is 74.0 Å². The van der Waals surface area contributed by atoms with Crippen LogP contribution in [-0.2, 0) is 16.0 Å². The first-order valence-electron chi connectivity index (χ1n) is 14.1. The quantitative estimate of drug-likeness (QED) is 0.267. The molecule has 1 aliphatic carbocycles. The van der Waals surface area contributed by atoms with Gasteiger partial charge in [0.15, 0.2) is 5.78 Å². The van der Waals surface area contributed by atoms with E-state index in [0.717, 1.165) is 52.1 Å². The summed E-state index contributed by atoms with van der Waals surface area (Å²) in [6.07, 6.45) is 4.01. The summed E-state index contributed by atoms with van der Waals surface area (Å²) < 4.78 is 0. The molecule has 1 aromatic heterocycles. The van der Waals surface area contributed by atoms with Crippen LogP contribution in [0.4, 0.5) is 11.4 Å². The second-order valence-corrected chi connectivity index (χ2v) is 11.9. The van der Waals surface area contributed by atoms with Crippen LogP contribution in [0.3, 0.4) is 0 Å². The molecule has 1 atom stereocenters. The van der Waals surface area contributed by atoms with E-state index in [2.05, 4.69) is 77.7 Å². The number of Topliss-reactive ketones (excluding diaryl/α,β-unsaturated/α-hetero) is 1. The van der Waals surface area contributed by atoms with Gasteiger partial charge < -0.3 is 20.5 Å². The van der Waals surface area contributed by atoms with E-state index in [-0.39, 0.29) is 29.7 Å². The Labute approximate surface area is 235 Å². The maximum Gasteiger partial charge on any atom is 0.239 e. The molecule has 0 saturated carbocycles. The first-order chi connectivity index (χ1) is 19.3. The number of nitrogens with one attached hydrogen (secondary N) is 3. The maximum absolute atomic E-state index is 13.8.